The molecule has 0 fully saturated rings. The molecule has 3 rings (SSSR count). The number of hydrogen-bond acceptors (Lipinski definition) is 4. The Kier molecular flexibility index (Phi) is 6.15. The molecule has 0 saturated carbocycles. The number of benzene rings is 1. The fourth-order valence-corrected chi connectivity index (χ4v) is 2.50. The highest BCUT2D eigenvalue weighted by molar-refractivity contribution is 5.94. The molecule has 28 heavy (non-hydrogen) atoms. The molecule has 0 bridgehead atoms. The summed E-state index contributed by atoms with van der Waals surface area (Å²) in [7, 11) is 1.74. The minimum atomic E-state index is -0.318. The number of carbonyl (C=O) groups is 1. The lowest BCUT2D eigenvalue weighted by Crippen LogP contribution is -2.35. The number of aromatic nitrogens is 2. The third-order valence-electron chi connectivity index (χ3n) is 4.29. The molecule has 0 aliphatic carbocycles. The van der Waals surface area contributed by atoms with Crippen LogP contribution in [0.3, 0.4) is 0 Å². The van der Waals surface area contributed by atoms with Crippen molar-refractivity contribution in [2.45, 2.75) is 19.9 Å². The second-order valence-electron chi connectivity index (χ2n) is 6.40. The third-order valence-corrected chi connectivity index (χ3v) is 4.29. The number of rotatable bonds is 4. The van der Waals surface area contributed by atoms with E-state index in [-0.39, 0.29) is 11.9 Å². The molecule has 0 aliphatic heterocycles. The zero-order valence-corrected chi connectivity index (χ0v) is 16.2. The zero-order chi connectivity index (χ0) is 19.9. The van der Waals surface area contributed by atoms with E-state index in [9.17, 15) is 4.79 Å². The van der Waals surface area contributed by atoms with Crippen molar-refractivity contribution in [3.05, 3.63) is 77.7 Å². The van der Waals surface area contributed by atoms with E-state index < -0.39 is 0 Å². The summed E-state index contributed by atoms with van der Waals surface area (Å²) < 4.78 is 0. The van der Waals surface area contributed by atoms with Gasteiger partial charge in [0.25, 0.3) is 0 Å². The Balaban J connectivity index is 2.00. The monoisotopic (exact) mass is 370 g/mol. The van der Waals surface area contributed by atoms with Crippen molar-refractivity contribution >= 4 is 11.7 Å². The summed E-state index contributed by atoms with van der Waals surface area (Å²) >= 11 is 0. The first kappa shape index (κ1) is 19.3. The van der Waals surface area contributed by atoms with Crippen LogP contribution in [0, 0.1) is 18.8 Å². The van der Waals surface area contributed by atoms with Crippen LogP contribution >= 0.6 is 0 Å². The molecule has 2 N–H and O–H groups in total. The molecule has 0 spiro atoms. The predicted octanol–water partition coefficient (Wildman–Crippen LogP) is 3.40. The van der Waals surface area contributed by atoms with Crippen molar-refractivity contribution in [1.82, 2.24) is 15.3 Å². The summed E-state index contributed by atoms with van der Waals surface area (Å²) in [4.78, 5) is 21.1. The first-order valence-corrected chi connectivity index (χ1v) is 9.06. The summed E-state index contributed by atoms with van der Waals surface area (Å²) in [5.74, 6) is 6.60. The Hall–Kier alpha value is -3.49. The number of aryl methyl sites for hydroxylation is 1. The lowest BCUT2D eigenvalue weighted by Gasteiger charge is -2.12. The highest BCUT2D eigenvalue weighted by atomic mass is 16.2. The van der Waals surface area contributed by atoms with Gasteiger partial charge in [0.15, 0.2) is 0 Å². The van der Waals surface area contributed by atoms with Crippen LogP contribution < -0.4 is 10.6 Å². The third kappa shape index (κ3) is 4.81. The van der Waals surface area contributed by atoms with Gasteiger partial charge in [-0.3, -0.25) is 9.78 Å². The van der Waals surface area contributed by atoms with Crippen molar-refractivity contribution in [3.8, 4) is 23.0 Å². The molecular formula is C23H22N4O. The first-order chi connectivity index (χ1) is 13.6. The topological polar surface area (TPSA) is 66.9 Å². The molecule has 140 valence electrons. The van der Waals surface area contributed by atoms with E-state index in [1.54, 1.807) is 26.2 Å². The number of nitrogens with one attached hydrogen (secondary N) is 2. The Morgan fingerprint density at radius 2 is 1.82 bits per heavy atom. The van der Waals surface area contributed by atoms with Crippen LogP contribution in [0.4, 0.5) is 5.82 Å². The fourth-order valence-electron chi connectivity index (χ4n) is 2.50. The van der Waals surface area contributed by atoms with E-state index >= 15 is 0 Å². The standard InChI is InChI=1S/C23H22N4O/c1-16-9-11-19(15-25-16)20-12-14-22(27-23(28)17(2)24-3)26-21(20)13-10-18-7-5-4-6-8-18/h4-9,11-12,14-15,17,24H,1-3H3,(H,26,27,28). The highest BCUT2D eigenvalue weighted by Crippen LogP contribution is 2.23. The Morgan fingerprint density at radius 3 is 2.50 bits per heavy atom. The quantitative estimate of drug-likeness (QED) is 0.691. The molecule has 1 aromatic carbocycles. The van der Waals surface area contributed by atoms with Crippen molar-refractivity contribution in [1.29, 1.82) is 0 Å². The van der Waals surface area contributed by atoms with Crippen LogP contribution in [0.25, 0.3) is 11.1 Å². The number of amides is 1. The Labute approximate surface area is 165 Å². The van der Waals surface area contributed by atoms with E-state index in [1.807, 2.05) is 55.5 Å². The van der Waals surface area contributed by atoms with Gasteiger partial charge in [-0.15, -0.1) is 0 Å². The molecule has 3 aromatic rings. The van der Waals surface area contributed by atoms with Gasteiger partial charge >= 0.3 is 0 Å². The maximum absolute atomic E-state index is 12.2. The van der Waals surface area contributed by atoms with E-state index in [4.69, 9.17) is 0 Å². The average Bonchev–Trinajstić information content (AvgIpc) is 2.73. The van der Waals surface area contributed by atoms with Gasteiger partial charge < -0.3 is 10.6 Å². The maximum atomic E-state index is 12.2. The van der Waals surface area contributed by atoms with E-state index in [0.29, 0.717) is 11.5 Å². The number of anilines is 1. The van der Waals surface area contributed by atoms with Gasteiger partial charge in [-0.1, -0.05) is 30.2 Å². The van der Waals surface area contributed by atoms with Crippen LogP contribution in [0.2, 0.25) is 0 Å². The lowest BCUT2D eigenvalue weighted by molar-refractivity contribution is -0.117. The van der Waals surface area contributed by atoms with Gasteiger partial charge in [-0.25, -0.2) is 4.98 Å². The summed E-state index contributed by atoms with van der Waals surface area (Å²) in [6.45, 7) is 3.73. The van der Waals surface area contributed by atoms with Gasteiger partial charge in [-0.05, 0) is 57.1 Å². The number of hydrogen-bond donors (Lipinski definition) is 2. The summed E-state index contributed by atoms with van der Waals surface area (Å²) in [5.41, 5.74) is 4.23. The van der Waals surface area contributed by atoms with Gasteiger partial charge in [0.05, 0.1) is 6.04 Å². The highest BCUT2D eigenvalue weighted by Gasteiger charge is 2.13. The first-order valence-electron chi connectivity index (χ1n) is 9.06. The van der Waals surface area contributed by atoms with Crippen LogP contribution in [0.1, 0.15) is 23.9 Å². The predicted molar refractivity (Wildman–Crippen MR) is 112 cm³/mol. The molecule has 0 aliphatic rings. The number of carbonyl (C=O) groups excluding carboxylic acids is 1. The average molecular weight is 370 g/mol. The molecule has 1 amide bonds. The molecule has 1 atom stereocenters. The minimum absolute atomic E-state index is 0.151. The summed E-state index contributed by atoms with van der Waals surface area (Å²) in [5, 5.41) is 5.74. The molecule has 5 nitrogen and oxygen atoms in total. The number of nitrogens with zero attached hydrogens (tertiary/aromatic N) is 2. The fraction of sp³-hybridized carbons (Fsp3) is 0.174. The summed E-state index contributed by atoms with van der Waals surface area (Å²) in [6, 6.07) is 17.0. The number of likely N-dealkylation sites (N-methyl/N-ethyl adjacent to an activating group) is 1. The van der Waals surface area contributed by atoms with E-state index in [2.05, 4.69) is 32.4 Å². The minimum Gasteiger partial charge on any atom is -0.309 e. The van der Waals surface area contributed by atoms with Crippen LogP contribution in [-0.2, 0) is 4.79 Å². The second-order valence-corrected chi connectivity index (χ2v) is 6.40. The maximum Gasteiger partial charge on any atom is 0.242 e. The van der Waals surface area contributed by atoms with Gasteiger partial charge in [0, 0.05) is 28.6 Å². The van der Waals surface area contributed by atoms with Crippen LogP contribution in [0.5, 0.6) is 0 Å². The number of pyridine rings is 2. The van der Waals surface area contributed by atoms with Crippen LogP contribution in [-0.4, -0.2) is 29.0 Å². The van der Waals surface area contributed by atoms with Crippen molar-refractivity contribution in [2.75, 3.05) is 12.4 Å². The van der Waals surface area contributed by atoms with Gasteiger partial charge in [0.1, 0.15) is 11.5 Å². The van der Waals surface area contributed by atoms with E-state index in [1.165, 1.54) is 0 Å². The SMILES string of the molecule is CNC(C)C(=O)Nc1ccc(-c2ccc(C)nc2)c(C#Cc2ccccc2)n1. The van der Waals surface area contributed by atoms with Crippen LogP contribution in [0.15, 0.2) is 60.8 Å². The second kappa shape index (κ2) is 8.94. The smallest absolute Gasteiger partial charge is 0.242 e. The molecule has 2 aromatic heterocycles. The Morgan fingerprint density at radius 1 is 1.04 bits per heavy atom. The molecule has 2 heterocycles. The largest absolute Gasteiger partial charge is 0.309 e. The van der Waals surface area contributed by atoms with Gasteiger partial charge in [0.2, 0.25) is 5.91 Å². The lowest BCUT2D eigenvalue weighted by atomic mass is 10.1. The Bertz CT molecular complexity index is 1020. The molecule has 1 unspecified atom stereocenters. The van der Waals surface area contributed by atoms with Gasteiger partial charge in [-0.2, -0.15) is 0 Å². The van der Waals surface area contributed by atoms with Crippen molar-refractivity contribution < 1.29 is 4.79 Å². The zero-order valence-electron chi connectivity index (χ0n) is 16.2. The van der Waals surface area contributed by atoms with Crippen molar-refractivity contribution in [3.63, 3.8) is 0 Å². The normalized spacial score (nSPS) is 11.2. The molecular weight excluding hydrogens is 348 g/mol. The van der Waals surface area contributed by atoms with Crippen molar-refractivity contribution in [2.24, 2.45) is 0 Å². The molecule has 0 radical (unpaired) electrons. The summed E-state index contributed by atoms with van der Waals surface area (Å²) in [6.07, 6.45) is 1.81. The van der Waals surface area contributed by atoms with E-state index in [0.717, 1.165) is 22.4 Å². The molecule has 0 saturated heterocycles. The molecule has 5 heteroatoms.